The number of nitrogens with zero attached hydrogens (tertiary/aromatic N) is 1. The van der Waals surface area contributed by atoms with E-state index in [0.717, 1.165) is 17.7 Å². The van der Waals surface area contributed by atoms with Crippen molar-refractivity contribution in [3.63, 3.8) is 0 Å². The topological polar surface area (TPSA) is 33.0 Å². The lowest BCUT2D eigenvalue weighted by Crippen LogP contribution is -2.06. The van der Waals surface area contributed by atoms with Crippen molar-refractivity contribution in [2.45, 2.75) is 13.0 Å². The standard InChI is InChI=1S/C15H11F2NO/c1-10(12-5-3-2-4-6-12)19-15-13(16)7-11(9-18)8-14(15)17/h2-8,10H,1H3. The first kappa shape index (κ1) is 13.0. The summed E-state index contributed by atoms with van der Waals surface area (Å²) in [5, 5.41) is 8.61. The molecule has 2 aromatic carbocycles. The zero-order chi connectivity index (χ0) is 13.8. The Kier molecular flexibility index (Phi) is 3.76. The van der Waals surface area contributed by atoms with E-state index in [0.29, 0.717) is 0 Å². The molecule has 0 amide bonds. The van der Waals surface area contributed by atoms with Crippen molar-refractivity contribution in [3.05, 3.63) is 65.2 Å². The van der Waals surface area contributed by atoms with Gasteiger partial charge in [0.05, 0.1) is 11.6 Å². The zero-order valence-electron chi connectivity index (χ0n) is 10.2. The van der Waals surface area contributed by atoms with Crippen LogP contribution in [0.25, 0.3) is 0 Å². The highest BCUT2D eigenvalue weighted by molar-refractivity contribution is 5.37. The minimum atomic E-state index is -0.876. The SMILES string of the molecule is CC(Oc1c(F)cc(C#N)cc1F)c1ccccc1. The quantitative estimate of drug-likeness (QED) is 0.835. The lowest BCUT2D eigenvalue weighted by atomic mass is 10.1. The summed E-state index contributed by atoms with van der Waals surface area (Å²) in [6.07, 6.45) is -0.488. The van der Waals surface area contributed by atoms with Crippen molar-refractivity contribution < 1.29 is 13.5 Å². The van der Waals surface area contributed by atoms with E-state index in [-0.39, 0.29) is 5.56 Å². The van der Waals surface area contributed by atoms with Gasteiger partial charge in [0.2, 0.25) is 0 Å². The fraction of sp³-hybridized carbons (Fsp3) is 0.133. The van der Waals surface area contributed by atoms with Crippen LogP contribution in [0, 0.1) is 23.0 Å². The summed E-state index contributed by atoms with van der Waals surface area (Å²) in [4.78, 5) is 0. The molecular weight excluding hydrogens is 248 g/mol. The lowest BCUT2D eigenvalue weighted by molar-refractivity contribution is 0.205. The molecule has 0 radical (unpaired) electrons. The Labute approximate surface area is 109 Å². The number of hydrogen-bond donors (Lipinski definition) is 0. The number of benzene rings is 2. The van der Waals surface area contributed by atoms with Crippen molar-refractivity contribution in [1.82, 2.24) is 0 Å². The Morgan fingerprint density at radius 3 is 2.21 bits per heavy atom. The number of rotatable bonds is 3. The molecule has 0 aliphatic rings. The van der Waals surface area contributed by atoms with E-state index in [1.807, 2.05) is 30.3 Å². The molecule has 0 heterocycles. The molecule has 96 valence electrons. The Morgan fingerprint density at radius 1 is 1.11 bits per heavy atom. The third-order valence-corrected chi connectivity index (χ3v) is 2.69. The molecule has 2 rings (SSSR count). The predicted molar refractivity (Wildman–Crippen MR) is 66.6 cm³/mol. The predicted octanol–water partition coefficient (Wildman–Crippen LogP) is 3.98. The van der Waals surface area contributed by atoms with Gasteiger partial charge in [0, 0.05) is 0 Å². The van der Waals surface area contributed by atoms with Gasteiger partial charge >= 0.3 is 0 Å². The second-order valence-corrected chi connectivity index (χ2v) is 4.05. The normalized spacial score (nSPS) is 11.7. The third kappa shape index (κ3) is 2.89. The Balaban J connectivity index is 2.27. The Bertz CT molecular complexity index is 597. The monoisotopic (exact) mass is 259 g/mol. The van der Waals surface area contributed by atoms with E-state index in [1.165, 1.54) is 0 Å². The van der Waals surface area contributed by atoms with Crippen LogP contribution >= 0.6 is 0 Å². The molecule has 0 saturated carbocycles. The van der Waals surface area contributed by atoms with Crippen LogP contribution in [0.15, 0.2) is 42.5 Å². The number of ether oxygens (including phenoxy) is 1. The largest absolute Gasteiger partial charge is 0.480 e. The summed E-state index contributed by atoms with van der Waals surface area (Å²) in [6, 6.07) is 12.7. The molecule has 0 aliphatic carbocycles. The second kappa shape index (κ2) is 5.49. The highest BCUT2D eigenvalue weighted by Gasteiger charge is 2.16. The van der Waals surface area contributed by atoms with Crippen molar-refractivity contribution >= 4 is 0 Å². The molecule has 1 atom stereocenters. The van der Waals surface area contributed by atoms with Crippen LogP contribution in [0.1, 0.15) is 24.2 Å². The van der Waals surface area contributed by atoms with Gasteiger partial charge < -0.3 is 4.74 Å². The summed E-state index contributed by atoms with van der Waals surface area (Å²) >= 11 is 0. The minimum Gasteiger partial charge on any atom is -0.480 e. The van der Waals surface area contributed by atoms with Gasteiger partial charge in [0.25, 0.3) is 0 Å². The van der Waals surface area contributed by atoms with Gasteiger partial charge in [0.1, 0.15) is 6.10 Å². The maximum atomic E-state index is 13.7. The van der Waals surface area contributed by atoms with E-state index >= 15 is 0 Å². The second-order valence-electron chi connectivity index (χ2n) is 4.05. The fourth-order valence-electron chi connectivity index (χ4n) is 1.71. The van der Waals surface area contributed by atoms with Gasteiger partial charge in [0.15, 0.2) is 17.4 Å². The van der Waals surface area contributed by atoms with Gasteiger partial charge in [-0.2, -0.15) is 5.26 Å². The fourth-order valence-corrected chi connectivity index (χ4v) is 1.71. The molecule has 0 fully saturated rings. The van der Waals surface area contributed by atoms with Gasteiger partial charge in [-0.15, -0.1) is 0 Å². The van der Waals surface area contributed by atoms with Gasteiger partial charge in [-0.25, -0.2) is 8.78 Å². The summed E-state index contributed by atoms with van der Waals surface area (Å²) in [5.41, 5.74) is 0.736. The molecule has 0 bridgehead atoms. The van der Waals surface area contributed by atoms with Crippen LogP contribution in [0.2, 0.25) is 0 Å². The van der Waals surface area contributed by atoms with Gasteiger partial charge in [-0.05, 0) is 24.6 Å². The van der Waals surface area contributed by atoms with Crippen LogP contribution in [-0.4, -0.2) is 0 Å². The maximum absolute atomic E-state index is 13.7. The first-order valence-electron chi connectivity index (χ1n) is 5.72. The van der Waals surface area contributed by atoms with Gasteiger partial charge in [-0.3, -0.25) is 0 Å². The Morgan fingerprint density at radius 2 is 1.68 bits per heavy atom. The molecule has 0 N–H and O–H groups in total. The molecular formula is C15H11F2NO. The summed E-state index contributed by atoms with van der Waals surface area (Å²) in [6.45, 7) is 1.70. The average Bonchev–Trinajstić information content (AvgIpc) is 2.43. The van der Waals surface area contributed by atoms with E-state index < -0.39 is 23.5 Å². The smallest absolute Gasteiger partial charge is 0.191 e. The van der Waals surface area contributed by atoms with Crippen molar-refractivity contribution in [3.8, 4) is 11.8 Å². The average molecular weight is 259 g/mol. The van der Waals surface area contributed by atoms with E-state index in [2.05, 4.69) is 0 Å². The number of nitriles is 1. The van der Waals surface area contributed by atoms with Crippen LogP contribution in [0.4, 0.5) is 8.78 Å². The number of halogens is 2. The highest BCUT2D eigenvalue weighted by atomic mass is 19.1. The minimum absolute atomic E-state index is 0.0743. The van der Waals surface area contributed by atoms with Crippen molar-refractivity contribution in [1.29, 1.82) is 5.26 Å². The molecule has 1 unspecified atom stereocenters. The molecule has 2 nitrogen and oxygen atoms in total. The van der Waals surface area contributed by atoms with Gasteiger partial charge in [-0.1, -0.05) is 30.3 Å². The molecule has 4 heteroatoms. The van der Waals surface area contributed by atoms with E-state index in [4.69, 9.17) is 10.00 Å². The summed E-state index contributed by atoms with van der Waals surface area (Å²) in [5.74, 6) is -2.21. The molecule has 0 spiro atoms. The molecule has 2 aromatic rings. The molecule has 19 heavy (non-hydrogen) atoms. The molecule has 0 aliphatic heterocycles. The third-order valence-electron chi connectivity index (χ3n) is 2.69. The maximum Gasteiger partial charge on any atom is 0.191 e. The first-order valence-corrected chi connectivity index (χ1v) is 5.72. The van der Waals surface area contributed by atoms with E-state index in [1.54, 1.807) is 13.0 Å². The highest BCUT2D eigenvalue weighted by Crippen LogP contribution is 2.28. The van der Waals surface area contributed by atoms with Crippen LogP contribution < -0.4 is 4.74 Å². The first-order chi connectivity index (χ1) is 9.11. The van der Waals surface area contributed by atoms with Crippen LogP contribution in [0.3, 0.4) is 0 Å². The summed E-state index contributed by atoms with van der Waals surface area (Å²) < 4.78 is 32.6. The van der Waals surface area contributed by atoms with E-state index in [9.17, 15) is 8.78 Å². The van der Waals surface area contributed by atoms with Crippen LogP contribution in [-0.2, 0) is 0 Å². The Hall–Kier alpha value is -2.41. The summed E-state index contributed by atoms with van der Waals surface area (Å²) in [7, 11) is 0. The lowest BCUT2D eigenvalue weighted by Gasteiger charge is -2.16. The van der Waals surface area contributed by atoms with Crippen LogP contribution in [0.5, 0.6) is 5.75 Å². The van der Waals surface area contributed by atoms with Crippen molar-refractivity contribution in [2.75, 3.05) is 0 Å². The molecule has 0 aromatic heterocycles. The number of hydrogen-bond acceptors (Lipinski definition) is 2. The zero-order valence-corrected chi connectivity index (χ0v) is 10.2. The van der Waals surface area contributed by atoms with Crippen molar-refractivity contribution in [2.24, 2.45) is 0 Å². The molecule has 0 saturated heterocycles.